The highest BCUT2D eigenvalue weighted by molar-refractivity contribution is 5.98. The molecule has 18 heavy (non-hydrogen) atoms. The number of benzene rings is 1. The highest BCUT2D eigenvalue weighted by atomic mass is 19.1. The van der Waals surface area contributed by atoms with Crippen molar-refractivity contribution in [2.45, 2.75) is 20.0 Å². The summed E-state index contributed by atoms with van der Waals surface area (Å²) in [5.41, 5.74) is 0.000741. The molecule has 1 aromatic carbocycles. The fourth-order valence-corrected chi connectivity index (χ4v) is 1.51. The molecule has 0 saturated carbocycles. The van der Waals surface area contributed by atoms with Crippen molar-refractivity contribution in [1.29, 1.82) is 0 Å². The van der Waals surface area contributed by atoms with Crippen LogP contribution in [0, 0.1) is 5.82 Å². The van der Waals surface area contributed by atoms with E-state index in [1.165, 1.54) is 19.2 Å². The molecule has 1 rings (SSSR count). The highest BCUT2D eigenvalue weighted by Gasteiger charge is 2.17. The number of nitrogens with one attached hydrogen (secondary N) is 1. The van der Waals surface area contributed by atoms with Crippen LogP contribution in [0.2, 0.25) is 0 Å². The van der Waals surface area contributed by atoms with Crippen LogP contribution in [0.5, 0.6) is 11.5 Å². The largest absolute Gasteiger partial charge is 0.493 e. The molecule has 0 aromatic heterocycles. The maximum Gasteiger partial charge on any atom is 0.179 e. The van der Waals surface area contributed by atoms with Crippen LogP contribution in [0.15, 0.2) is 12.1 Å². The molecule has 0 unspecified atom stereocenters. The fourth-order valence-electron chi connectivity index (χ4n) is 1.51. The van der Waals surface area contributed by atoms with Crippen molar-refractivity contribution < 1.29 is 18.7 Å². The van der Waals surface area contributed by atoms with E-state index in [1.807, 2.05) is 13.8 Å². The zero-order valence-electron chi connectivity index (χ0n) is 11.0. The molecule has 1 aromatic rings. The highest BCUT2D eigenvalue weighted by Crippen LogP contribution is 2.31. The molecule has 0 saturated heterocycles. The molecule has 0 aliphatic carbocycles. The first-order chi connectivity index (χ1) is 8.49. The molecule has 0 radical (unpaired) electrons. The van der Waals surface area contributed by atoms with E-state index in [9.17, 15) is 9.18 Å². The van der Waals surface area contributed by atoms with E-state index in [0.717, 1.165) is 0 Å². The predicted molar refractivity (Wildman–Crippen MR) is 67.0 cm³/mol. The maximum absolute atomic E-state index is 13.7. The third-order valence-corrected chi connectivity index (χ3v) is 2.25. The molecule has 0 aliphatic heterocycles. The van der Waals surface area contributed by atoms with Crippen LogP contribution in [0.3, 0.4) is 0 Å². The van der Waals surface area contributed by atoms with E-state index < -0.39 is 5.82 Å². The van der Waals surface area contributed by atoms with E-state index in [-0.39, 0.29) is 29.7 Å². The first kappa shape index (κ1) is 14.4. The van der Waals surface area contributed by atoms with Gasteiger partial charge in [-0.3, -0.25) is 4.79 Å². The summed E-state index contributed by atoms with van der Waals surface area (Å²) in [7, 11) is 3.06. The molecule has 0 amide bonds. The molecular weight excluding hydrogens is 237 g/mol. The number of ketones is 1. The molecule has 0 atom stereocenters. The quantitative estimate of drug-likeness (QED) is 0.790. The first-order valence-electron chi connectivity index (χ1n) is 5.71. The number of ether oxygens (including phenoxy) is 2. The van der Waals surface area contributed by atoms with Crippen molar-refractivity contribution in [2.75, 3.05) is 20.7 Å². The normalized spacial score (nSPS) is 10.6. The Hall–Kier alpha value is -1.62. The summed E-state index contributed by atoms with van der Waals surface area (Å²) in [6.45, 7) is 3.76. The van der Waals surface area contributed by atoms with Crippen molar-refractivity contribution in [3.05, 3.63) is 23.5 Å². The Bertz CT molecular complexity index is 432. The van der Waals surface area contributed by atoms with Crippen LogP contribution in [0.1, 0.15) is 24.2 Å². The summed E-state index contributed by atoms with van der Waals surface area (Å²) >= 11 is 0. The van der Waals surface area contributed by atoms with E-state index in [0.29, 0.717) is 5.75 Å². The lowest BCUT2D eigenvalue weighted by molar-refractivity contribution is 0.0988. The minimum Gasteiger partial charge on any atom is -0.493 e. The summed E-state index contributed by atoms with van der Waals surface area (Å²) in [4.78, 5) is 11.7. The number of methoxy groups -OCH3 is 1. The van der Waals surface area contributed by atoms with Gasteiger partial charge in [0, 0.05) is 6.07 Å². The topological polar surface area (TPSA) is 47.6 Å². The molecule has 0 bridgehead atoms. The molecule has 1 N–H and O–H groups in total. The number of rotatable bonds is 6. The van der Waals surface area contributed by atoms with Crippen LogP contribution in [0.25, 0.3) is 0 Å². The Kier molecular flexibility index (Phi) is 5.09. The average molecular weight is 255 g/mol. The second-order valence-corrected chi connectivity index (χ2v) is 4.10. The lowest BCUT2D eigenvalue weighted by Crippen LogP contribution is -2.20. The number of carbonyl (C=O) groups is 1. The Morgan fingerprint density at radius 3 is 2.56 bits per heavy atom. The summed E-state index contributed by atoms with van der Waals surface area (Å²) < 4.78 is 24.3. The molecule has 0 fully saturated rings. The van der Waals surface area contributed by atoms with E-state index in [2.05, 4.69) is 5.32 Å². The number of halogens is 1. The molecular formula is C13H18FNO3. The predicted octanol–water partition coefficient (Wildman–Crippen LogP) is 2.02. The van der Waals surface area contributed by atoms with Gasteiger partial charge in [-0.15, -0.1) is 0 Å². The van der Waals surface area contributed by atoms with Crippen LogP contribution in [0.4, 0.5) is 4.39 Å². The standard InChI is InChI=1S/C13H18FNO3/c1-8(2)18-13-5-9(11(16)7-15-3)10(14)6-12(13)17-4/h5-6,8,15H,7H2,1-4H3. The minimum absolute atomic E-state index is 0.000741. The molecule has 5 heteroatoms. The second kappa shape index (κ2) is 6.35. The Morgan fingerprint density at radius 1 is 1.39 bits per heavy atom. The number of likely N-dealkylation sites (N-methyl/N-ethyl adjacent to an activating group) is 1. The monoisotopic (exact) mass is 255 g/mol. The molecule has 4 nitrogen and oxygen atoms in total. The Balaban J connectivity index is 3.16. The number of hydrogen-bond acceptors (Lipinski definition) is 4. The number of hydrogen-bond donors (Lipinski definition) is 1. The van der Waals surface area contributed by atoms with Crippen molar-refractivity contribution in [2.24, 2.45) is 0 Å². The van der Waals surface area contributed by atoms with Crippen LogP contribution >= 0.6 is 0 Å². The SMILES string of the molecule is CNCC(=O)c1cc(OC(C)C)c(OC)cc1F. The van der Waals surface area contributed by atoms with Gasteiger partial charge in [0.1, 0.15) is 5.82 Å². The van der Waals surface area contributed by atoms with Crippen molar-refractivity contribution in [1.82, 2.24) is 5.32 Å². The molecule has 0 aliphatic rings. The van der Waals surface area contributed by atoms with Gasteiger partial charge < -0.3 is 14.8 Å². The van der Waals surface area contributed by atoms with Gasteiger partial charge in [-0.05, 0) is 27.0 Å². The maximum atomic E-state index is 13.7. The van der Waals surface area contributed by atoms with Gasteiger partial charge in [-0.25, -0.2) is 4.39 Å². The lowest BCUT2D eigenvalue weighted by atomic mass is 10.1. The van der Waals surface area contributed by atoms with Gasteiger partial charge in [-0.2, -0.15) is 0 Å². The third kappa shape index (κ3) is 3.43. The molecule has 100 valence electrons. The summed E-state index contributed by atoms with van der Waals surface area (Å²) in [6.07, 6.45) is -0.0865. The Morgan fingerprint density at radius 2 is 2.06 bits per heavy atom. The second-order valence-electron chi connectivity index (χ2n) is 4.10. The van der Waals surface area contributed by atoms with Gasteiger partial charge in [0.25, 0.3) is 0 Å². The smallest absolute Gasteiger partial charge is 0.179 e. The fraction of sp³-hybridized carbons (Fsp3) is 0.462. The van der Waals surface area contributed by atoms with Crippen LogP contribution in [-0.4, -0.2) is 32.6 Å². The van der Waals surface area contributed by atoms with Gasteiger partial charge >= 0.3 is 0 Å². The van der Waals surface area contributed by atoms with Gasteiger partial charge in [-0.1, -0.05) is 0 Å². The van der Waals surface area contributed by atoms with Crippen molar-refractivity contribution >= 4 is 5.78 Å². The summed E-state index contributed by atoms with van der Waals surface area (Å²) in [5.74, 6) is -0.287. The van der Waals surface area contributed by atoms with E-state index in [4.69, 9.17) is 9.47 Å². The van der Waals surface area contributed by atoms with Crippen molar-refractivity contribution in [3.8, 4) is 11.5 Å². The van der Waals surface area contributed by atoms with Crippen LogP contribution in [-0.2, 0) is 0 Å². The summed E-state index contributed by atoms with van der Waals surface area (Å²) in [5, 5.41) is 2.69. The first-order valence-corrected chi connectivity index (χ1v) is 5.71. The number of Topliss-reactive ketones (excluding diaryl/α,β-unsaturated/α-hetero) is 1. The van der Waals surface area contributed by atoms with Gasteiger partial charge in [0.2, 0.25) is 0 Å². The molecule has 0 spiro atoms. The minimum atomic E-state index is -0.608. The van der Waals surface area contributed by atoms with Crippen LogP contribution < -0.4 is 14.8 Å². The lowest BCUT2D eigenvalue weighted by Gasteiger charge is -2.15. The molecule has 0 heterocycles. The Labute approximate surface area is 106 Å². The number of carbonyl (C=O) groups excluding carboxylic acids is 1. The van der Waals surface area contributed by atoms with E-state index in [1.54, 1.807) is 7.05 Å². The zero-order chi connectivity index (χ0) is 13.7. The van der Waals surface area contributed by atoms with Crippen molar-refractivity contribution in [3.63, 3.8) is 0 Å². The summed E-state index contributed by atoms with van der Waals surface area (Å²) in [6, 6.07) is 2.55. The van der Waals surface area contributed by atoms with Gasteiger partial charge in [0.15, 0.2) is 17.3 Å². The van der Waals surface area contributed by atoms with Gasteiger partial charge in [0.05, 0.1) is 25.3 Å². The zero-order valence-corrected chi connectivity index (χ0v) is 11.0. The third-order valence-electron chi connectivity index (χ3n) is 2.25. The average Bonchev–Trinajstić information content (AvgIpc) is 2.30. The van der Waals surface area contributed by atoms with E-state index >= 15 is 0 Å².